The predicted molar refractivity (Wildman–Crippen MR) is 60.4 cm³/mol. The molecule has 2 rings (SSSR count). The number of nitrogens with zero attached hydrogens (tertiary/aromatic N) is 2. The van der Waals surface area contributed by atoms with E-state index in [2.05, 4.69) is 34.2 Å². The Morgan fingerprint density at radius 2 is 2.20 bits per heavy atom. The minimum absolute atomic E-state index is 0.973. The first-order valence-corrected chi connectivity index (χ1v) is 5.35. The van der Waals surface area contributed by atoms with Crippen LogP contribution in [0.2, 0.25) is 0 Å². The predicted octanol–water partition coefficient (Wildman–Crippen LogP) is 2.81. The molecular weight excluding hydrogens is 186 g/mol. The van der Waals surface area contributed by atoms with E-state index in [4.69, 9.17) is 0 Å². The molecule has 3 nitrogen and oxygen atoms in total. The highest BCUT2D eigenvalue weighted by Gasteiger charge is 2.01. The van der Waals surface area contributed by atoms with Gasteiger partial charge in [-0.05, 0) is 36.6 Å². The monoisotopic (exact) mass is 201 g/mol. The number of rotatable bonds is 4. The van der Waals surface area contributed by atoms with Gasteiger partial charge in [-0.25, -0.2) is 0 Å². The molecule has 0 aromatic carbocycles. The second-order valence-corrected chi connectivity index (χ2v) is 3.62. The van der Waals surface area contributed by atoms with Crippen molar-refractivity contribution in [2.45, 2.75) is 26.2 Å². The second-order valence-electron chi connectivity index (χ2n) is 3.62. The molecule has 3 heteroatoms. The van der Waals surface area contributed by atoms with E-state index < -0.39 is 0 Å². The van der Waals surface area contributed by atoms with E-state index in [0.717, 1.165) is 17.8 Å². The average Bonchev–Trinajstić information content (AvgIpc) is 2.80. The quantitative estimate of drug-likeness (QED) is 0.826. The fourth-order valence-corrected chi connectivity index (χ4v) is 1.56. The van der Waals surface area contributed by atoms with Gasteiger partial charge in [-0.15, -0.1) is 0 Å². The van der Waals surface area contributed by atoms with Crippen molar-refractivity contribution in [2.24, 2.45) is 0 Å². The molecule has 0 aliphatic rings. The first-order valence-electron chi connectivity index (χ1n) is 5.35. The van der Waals surface area contributed by atoms with Crippen molar-refractivity contribution in [3.63, 3.8) is 0 Å². The molecule has 0 spiro atoms. The van der Waals surface area contributed by atoms with Crippen molar-refractivity contribution < 1.29 is 0 Å². The number of unbranched alkanes of at least 4 members (excludes halogenated alkanes) is 1. The molecule has 2 heterocycles. The normalized spacial score (nSPS) is 10.5. The lowest BCUT2D eigenvalue weighted by Crippen LogP contribution is -1.89. The summed E-state index contributed by atoms with van der Waals surface area (Å²) in [6.45, 7) is 2.21. The van der Waals surface area contributed by atoms with Crippen molar-refractivity contribution in [3.05, 3.63) is 36.2 Å². The first-order chi connectivity index (χ1) is 7.40. The first kappa shape index (κ1) is 9.90. The third-order valence-corrected chi connectivity index (χ3v) is 2.42. The topological polar surface area (TPSA) is 41.6 Å². The average molecular weight is 201 g/mol. The molecule has 78 valence electrons. The molecule has 0 fully saturated rings. The van der Waals surface area contributed by atoms with Crippen LogP contribution in [0.25, 0.3) is 11.4 Å². The summed E-state index contributed by atoms with van der Waals surface area (Å²) in [6.07, 6.45) is 7.19. The molecule has 1 N–H and O–H groups in total. The Morgan fingerprint density at radius 1 is 1.27 bits per heavy atom. The Morgan fingerprint density at radius 3 is 2.93 bits per heavy atom. The fourth-order valence-electron chi connectivity index (χ4n) is 1.56. The molecule has 0 unspecified atom stereocenters. The van der Waals surface area contributed by atoms with E-state index in [0.29, 0.717) is 0 Å². The Balaban J connectivity index is 2.19. The summed E-state index contributed by atoms with van der Waals surface area (Å²) >= 11 is 0. The van der Waals surface area contributed by atoms with Gasteiger partial charge in [0.15, 0.2) is 0 Å². The van der Waals surface area contributed by atoms with Crippen molar-refractivity contribution >= 4 is 0 Å². The van der Waals surface area contributed by atoms with Gasteiger partial charge in [-0.1, -0.05) is 13.3 Å². The van der Waals surface area contributed by atoms with Crippen LogP contribution in [0, 0.1) is 0 Å². The summed E-state index contributed by atoms with van der Waals surface area (Å²) in [4.78, 5) is 4.32. The SMILES string of the molecule is CCCCc1ccnc(-c2ccn[nH]2)c1. The van der Waals surface area contributed by atoms with Gasteiger partial charge in [-0.3, -0.25) is 10.1 Å². The molecule has 2 aromatic rings. The van der Waals surface area contributed by atoms with Gasteiger partial charge in [0.1, 0.15) is 0 Å². The smallest absolute Gasteiger partial charge is 0.0883 e. The van der Waals surface area contributed by atoms with Crippen LogP contribution in [0.5, 0.6) is 0 Å². The van der Waals surface area contributed by atoms with Crippen LogP contribution in [0.4, 0.5) is 0 Å². The number of aromatic amines is 1. The molecule has 15 heavy (non-hydrogen) atoms. The lowest BCUT2D eigenvalue weighted by atomic mass is 10.1. The van der Waals surface area contributed by atoms with Crippen LogP contribution in [0.3, 0.4) is 0 Å². The summed E-state index contributed by atoms with van der Waals surface area (Å²) in [7, 11) is 0. The molecule has 2 aromatic heterocycles. The fraction of sp³-hybridized carbons (Fsp3) is 0.333. The zero-order chi connectivity index (χ0) is 10.5. The second kappa shape index (κ2) is 4.73. The maximum Gasteiger partial charge on any atom is 0.0883 e. The summed E-state index contributed by atoms with van der Waals surface area (Å²) < 4.78 is 0. The largest absolute Gasteiger partial charge is 0.276 e. The molecule has 0 saturated heterocycles. The summed E-state index contributed by atoms with van der Waals surface area (Å²) in [5.41, 5.74) is 3.30. The van der Waals surface area contributed by atoms with Gasteiger partial charge in [0.2, 0.25) is 0 Å². The van der Waals surface area contributed by atoms with E-state index in [1.165, 1.54) is 18.4 Å². The van der Waals surface area contributed by atoms with Gasteiger partial charge in [0.05, 0.1) is 11.4 Å². The molecule has 0 bridgehead atoms. The number of nitrogens with one attached hydrogen (secondary N) is 1. The van der Waals surface area contributed by atoms with Gasteiger partial charge in [0, 0.05) is 12.4 Å². The van der Waals surface area contributed by atoms with Crippen molar-refractivity contribution in [2.75, 3.05) is 0 Å². The van der Waals surface area contributed by atoms with E-state index in [-0.39, 0.29) is 0 Å². The molecule has 0 aliphatic carbocycles. The third-order valence-electron chi connectivity index (χ3n) is 2.42. The zero-order valence-corrected chi connectivity index (χ0v) is 8.90. The van der Waals surface area contributed by atoms with Crippen molar-refractivity contribution in [3.8, 4) is 11.4 Å². The standard InChI is InChI=1S/C12H15N3/c1-2-3-4-10-5-7-13-12(9-10)11-6-8-14-15-11/h5-9H,2-4H2,1H3,(H,14,15). The van der Waals surface area contributed by atoms with Gasteiger partial charge >= 0.3 is 0 Å². The zero-order valence-electron chi connectivity index (χ0n) is 8.90. The molecule has 0 saturated carbocycles. The Kier molecular flexibility index (Phi) is 3.12. The van der Waals surface area contributed by atoms with E-state index in [1.807, 2.05) is 12.3 Å². The lowest BCUT2D eigenvalue weighted by Gasteiger charge is -2.01. The highest BCUT2D eigenvalue weighted by atomic mass is 15.1. The van der Waals surface area contributed by atoms with Crippen molar-refractivity contribution in [1.29, 1.82) is 0 Å². The summed E-state index contributed by atoms with van der Waals surface area (Å²) in [5.74, 6) is 0. The van der Waals surface area contributed by atoms with E-state index >= 15 is 0 Å². The third kappa shape index (κ3) is 2.43. The van der Waals surface area contributed by atoms with Crippen LogP contribution in [0.15, 0.2) is 30.6 Å². The number of pyridine rings is 1. The molecule has 0 radical (unpaired) electrons. The molecule has 0 amide bonds. The Bertz CT molecular complexity index is 407. The number of hydrogen-bond donors (Lipinski definition) is 1. The number of hydrogen-bond acceptors (Lipinski definition) is 2. The number of H-pyrrole nitrogens is 1. The van der Waals surface area contributed by atoms with Crippen LogP contribution < -0.4 is 0 Å². The van der Waals surface area contributed by atoms with E-state index in [9.17, 15) is 0 Å². The van der Waals surface area contributed by atoms with Crippen LogP contribution in [0.1, 0.15) is 25.3 Å². The van der Waals surface area contributed by atoms with Crippen LogP contribution >= 0.6 is 0 Å². The minimum atomic E-state index is 0.973. The van der Waals surface area contributed by atoms with Crippen molar-refractivity contribution in [1.82, 2.24) is 15.2 Å². The Hall–Kier alpha value is -1.64. The van der Waals surface area contributed by atoms with Gasteiger partial charge < -0.3 is 0 Å². The van der Waals surface area contributed by atoms with Crippen LogP contribution in [-0.2, 0) is 6.42 Å². The summed E-state index contributed by atoms with van der Waals surface area (Å²) in [6, 6.07) is 6.14. The maximum atomic E-state index is 4.32. The Labute approximate surface area is 89.6 Å². The summed E-state index contributed by atoms with van der Waals surface area (Å²) in [5, 5.41) is 6.85. The number of aromatic nitrogens is 3. The van der Waals surface area contributed by atoms with Crippen LogP contribution in [-0.4, -0.2) is 15.2 Å². The highest BCUT2D eigenvalue weighted by Crippen LogP contribution is 2.15. The molecular formula is C12H15N3. The van der Waals surface area contributed by atoms with E-state index in [1.54, 1.807) is 6.20 Å². The molecule has 0 aliphatic heterocycles. The lowest BCUT2D eigenvalue weighted by molar-refractivity contribution is 0.794. The van der Waals surface area contributed by atoms with Gasteiger partial charge in [0.25, 0.3) is 0 Å². The highest BCUT2D eigenvalue weighted by molar-refractivity contribution is 5.53. The number of aryl methyl sites for hydroxylation is 1. The molecule has 0 atom stereocenters. The van der Waals surface area contributed by atoms with Gasteiger partial charge in [-0.2, -0.15) is 5.10 Å². The maximum absolute atomic E-state index is 4.32. The minimum Gasteiger partial charge on any atom is -0.276 e.